The molecule has 2 aromatic rings. The summed E-state index contributed by atoms with van der Waals surface area (Å²) >= 11 is 0. The molecule has 0 radical (unpaired) electrons. The minimum atomic E-state index is 0.0258. The first-order chi connectivity index (χ1) is 9.28. The second kappa shape index (κ2) is 4.81. The van der Waals surface area contributed by atoms with Crippen LogP contribution in [0.15, 0.2) is 30.6 Å². The number of hydrogen-bond acceptors (Lipinski definition) is 4. The number of nitrogens with two attached hydrogens (primary N) is 1. The van der Waals surface area contributed by atoms with Crippen molar-refractivity contribution in [3.63, 3.8) is 0 Å². The number of hydrogen-bond donors (Lipinski definition) is 1. The van der Waals surface area contributed by atoms with Crippen molar-refractivity contribution in [2.24, 2.45) is 5.73 Å². The van der Waals surface area contributed by atoms with Gasteiger partial charge in [-0.3, -0.25) is 4.79 Å². The van der Waals surface area contributed by atoms with Crippen molar-refractivity contribution in [1.82, 2.24) is 19.7 Å². The van der Waals surface area contributed by atoms with Crippen LogP contribution in [0.4, 0.5) is 0 Å². The summed E-state index contributed by atoms with van der Waals surface area (Å²) in [6.45, 7) is 2.43. The molecule has 6 heteroatoms. The second-order valence-corrected chi connectivity index (χ2v) is 4.57. The van der Waals surface area contributed by atoms with E-state index < -0.39 is 0 Å². The Bertz CT molecular complexity index is 589. The predicted molar refractivity (Wildman–Crippen MR) is 69.1 cm³/mol. The first kappa shape index (κ1) is 11.9. The molecule has 1 aliphatic rings. The molecule has 0 atom stereocenters. The maximum Gasteiger partial charge on any atom is 0.254 e. The number of carbonyl (C=O) groups is 1. The second-order valence-electron chi connectivity index (χ2n) is 4.57. The van der Waals surface area contributed by atoms with Crippen LogP contribution in [0.3, 0.4) is 0 Å². The van der Waals surface area contributed by atoms with E-state index in [0.29, 0.717) is 25.2 Å². The number of carbonyl (C=O) groups excluding carboxylic acids is 1. The van der Waals surface area contributed by atoms with Gasteiger partial charge in [0.1, 0.15) is 6.33 Å². The summed E-state index contributed by atoms with van der Waals surface area (Å²) in [7, 11) is 0. The van der Waals surface area contributed by atoms with E-state index in [4.69, 9.17) is 5.73 Å². The molecule has 1 amide bonds. The number of fused-ring (bicyclic) bond motifs is 1. The minimum absolute atomic E-state index is 0.0258. The smallest absolute Gasteiger partial charge is 0.254 e. The normalized spacial score (nSPS) is 14.3. The van der Waals surface area contributed by atoms with E-state index in [2.05, 4.69) is 10.2 Å². The number of aromatic nitrogens is 3. The first-order valence-electron chi connectivity index (χ1n) is 6.23. The lowest BCUT2D eigenvalue weighted by Crippen LogP contribution is -2.38. The van der Waals surface area contributed by atoms with E-state index >= 15 is 0 Å². The Balaban J connectivity index is 1.77. The Morgan fingerprint density at radius 2 is 2.05 bits per heavy atom. The van der Waals surface area contributed by atoms with E-state index in [-0.39, 0.29) is 5.91 Å². The van der Waals surface area contributed by atoms with E-state index in [1.54, 1.807) is 11.2 Å². The standard InChI is InChI=1S/C13H15N5O/c14-7-10-1-3-11(4-2-10)13(19)17-5-6-18-9-15-16-12(18)8-17/h1-4,9H,5-8,14H2. The SMILES string of the molecule is NCc1ccc(C(=O)N2CCn3cnnc3C2)cc1. The Morgan fingerprint density at radius 1 is 1.26 bits per heavy atom. The van der Waals surface area contributed by atoms with Gasteiger partial charge in [0.25, 0.3) is 5.91 Å². The molecule has 0 fully saturated rings. The van der Waals surface area contributed by atoms with Gasteiger partial charge in [0.15, 0.2) is 5.82 Å². The van der Waals surface area contributed by atoms with Crippen molar-refractivity contribution < 1.29 is 4.79 Å². The topological polar surface area (TPSA) is 77.0 Å². The minimum Gasteiger partial charge on any atom is -0.329 e. The quantitative estimate of drug-likeness (QED) is 0.844. The Labute approximate surface area is 110 Å². The van der Waals surface area contributed by atoms with Crippen LogP contribution >= 0.6 is 0 Å². The monoisotopic (exact) mass is 257 g/mol. The molecule has 0 aliphatic carbocycles. The summed E-state index contributed by atoms with van der Waals surface area (Å²) in [6, 6.07) is 7.42. The Hall–Kier alpha value is -2.21. The van der Waals surface area contributed by atoms with Gasteiger partial charge in [-0.25, -0.2) is 0 Å². The van der Waals surface area contributed by atoms with Crippen LogP contribution < -0.4 is 5.73 Å². The molecule has 1 aliphatic heterocycles. The highest BCUT2D eigenvalue weighted by Gasteiger charge is 2.22. The van der Waals surface area contributed by atoms with Crippen LogP contribution in [0.1, 0.15) is 21.7 Å². The molecular formula is C13H15N5O. The first-order valence-corrected chi connectivity index (χ1v) is 6.23. The summed E-state index contributed by atoms with van der Waals surface area (Å²) in [5.74, 6) is 0.857. The number of nitrogens with zero attached hydrogens (tertiary/aromatic N) is 4. The van der Waals surface area contributed by atoms with Gasteiger partial charge in [-0.2, -0.15) is 0 Å². The van der Waals surface area contributed by atoms with Gasteiger partial charge in [0.2, 0.25) is 0 Å². The largest absolute Gasteiger partial charge is 0.329 e. The number of amides is 1. The highest BCUT2D eigenvalue weighted by molar-refractivity contribution is 5.94. The molecule has 0 bridgehead atoms. The van der Waals surface area contributed by atoms with Gasteiger partial charge in [-0.1, -0.05) is 12.1 Å². The van der Waals surface area contributed by atoms with Crippen LogP contribution in [0, 0.1) is 0 Å². The Morgan fingerprint density at radius 3 is 2.79 bits per heavy atom. The van der Waals surface area contributed by atoms with E-state index in [1.807, 2.05) is 28.8 Å². The fourth-order valence-electron chi connectivity index (χ4n) is 2.21. The maximum absolute atomic E-state index is 12.4. The van der Waals surface area contributed by atoms with Crippen LogP contribution in [-0.2, 0) is 19.6 Å². The van der Waals surface area contributed by atoms with Crippen LogP contribution in [0.5, 0.6) is 0 Å². The fourth-order valence-corrected chi connectivity index (χ4v) is 2.21. The summed E-state index contributed by atoms with van der Waals surface area (Å²) in [6.07, 6.45) is 1.70. The molecule has 2 N–H and O–H groups in total. The zero-order valence-corrected chi connectivity index (χ0v) is 10.5. The third kappa shape index (κ3) is 2.22. The highest BCUT2D eigenvalue weighted by Crippen LogP contribution is 2.14. The molecule has 0 spiro atoms. The third-order valence-corrected chi connectivity index (χ3v) is 3.36. The lowest BCUT2D eigenvalue weighted by Gasteiger charge is -2.27. The maximum atomic E-state index is 12.4. The Kier molecular flexibility index (Phi) is 3.00. The van der Waals surface area contributed by atoms with Gasteiger partial charge >= 0.3 is 0 Å². The van der Waals surface area contributed by atoms with E-state index in [9.17, 15) is 4.79 Å². The van der Waals surface area contributed by atoms with Crippen LogP contribution in [0.2, 0.25) is 0 Å². The zero-order chi connectivity index (χ0) is 13.2. The average Bonchev–Trinajstić information content (AvgIpc) is 2.94. The van der Waals surface area contributed by atoms with Gasteiger partial charge < -0.3 is 15.2 Å². The molecule has 98 valence electrons. The fraction of sp³-hybridized carbons (Fsp3) is 0.308. The van der Waals surface area contributed by atoms with Crippen molar-refractivity contribution >= 4 is 5.91 Å². The van der Waals surface area contributed by atoms with Gasteiger partial charge in [-0.05, 0) is 17.7 Å². The molecular weight excluding hydrogens is 242 g/mol. The van der Waals surface area contributed by atoms with Crippen molar-refractivity contribution in [2.75, 3.05) is 6.54 Å². The van der Waals surface area contributed by atoms with Crippen molar-refractivity contribution in [3.8, 4) is 0 Å². The van der Waals surface area contributed by atoms with Gasteiger partial charge in [0.05, 0.1) is 6.54 Å². The lowest BCUT2D eigenvalue weighted by molar-refractivity contribution is 0.0707. The van der Waals surface area contributed by atoms with E-state index in [0.717, 1.165) is 17.9 Å². The van der Waals surface area contributed by atoms with E-state index in [1.165, 1.54) is 0 Å². The number of rotatable bonds is 2. The molecule has 0 unspecified atom stereocenters. The summed E-state index contributed by atoms with van der Waals surface area (Å²) < 4.78 is 1.97. The molecule has 19 heavy (non-hydrogen) atoms. The third-order valence-electron chi connectivity index (χ3n) is 3.36. The number of benzene rings is 1. The summed E-state index contributed by atoms with van der Waals surface area (Å²) in [4.78, 5) is 14.2. The molecule has 6 nitrogen and oxygen atoms in total. The van der Waals surface area contributed by atoms with Crippen LogP contribution in [0.25, 0.3) is 0 Å². The molecule has 1 aromatic heterocycles. The average molecular weight is 257 g/mol. The predicted octanol–water partition coefficient (Wildman–Crippen LogP) is 0.393. The van der Waals surface area contributed by atoms with Gasteiger partial charge in [0, 0.05) is 25.2 Å². The molecule has 1 aromatic carbocycles. The zero-order valence-electron chi connectivity index (χ0n) is 10.5. The van der Waals surface area contributed by atoms with Crippen LogP contribution in [-0.4, -0.2) is 32.1 Å². The van der Waals surface area contributed by atoms with Crippen molar-refractivity contribution in [3.05, 3.63) is 47.5 Å². The molecule has 0 saturated carbocycles. The van der Waals surface area contributed by atoms with Crippen molar-refractivity contribution in [2.45, 2.75) is 19.6 Å². The summed E-state index contributed by atoms with van der Waals surface area (Å²) in [5.41, 5.74) is 7.26. The summed E-state index contributed by atoms with van der Waals surface area (Å²) in [5, 5.41) is 7.87. The lowest BCUT2D eigenvalue weighted by atomic mass is 10.1. The van der Waals surface area contributed by atoms with Crippen molar-refractivity contribution in [1.29, 1.82) is 0 Å². The van der Waals surface area contributed by atoms with Gasteiger partial charge in [-0.15, -0.1) is 10.2 Å². The molecule has 3 rings (SSSR count). The molecule has 2 heterocycles. The molecule has 0 saturated heterocycles. The highest BCUT2D eigenvalue weighted by atomic mass is 16.2.